The number of rotatable bonds is 7. The van der Waals surface area contributed by atoms with Gasteiger partial charge >= 0.3 is 0 Å². The van der Waals surface area contributed by atoms with Crippen LogP contribution in [0, 0.1) is 0 Å². The van der Waals surface area contributed by atoms with Gasteiger partial charge in [-0.3, -0.25) is 0 Å². The summed E-state index contributed by atoms with van der Waals surface area (Å²) in [5, 5.41) is 0. The Bertz CT molecular complexity index is 806. The smallest absolute Gasteiger partial charge is 0.127 e. The molecule has 0 spiro atoms. The van der Waals surface area contributed by atoms with Crippen molar-refractivity contribution in [2.45, 2.75) is 59.8 Å². The molecule has 0 aliphatic heterocycles. The van der Waals surface area contributed by atoms with Gasteiger partial charge in [0.2, 0.25) is 0 Å². The molecule has 2 nitrogen and oxygen atoms in total. The summed E-state index contributed by atoms with van der Waals surface area (Å²) in [6.07, 6.45) is 14.3. The molecule has 0 bridgehead atoms. The molecule has 0 aromatic heterocycles. The van der Waals surface area contributed by atoms with E-state index in [1.54, 1.807) is 5.57 Å². The number of ether oxygens (including phenoxy) is 2. The minimum absolute atomic E-state index is 0.665. The van der Waals surface area contributed by atoms with Crippen LogP contribution in [0.1, 0.15) is 70.1 Å². The summed E-state index contributed by atoms with van der Waals surface area (Å²) in [6.45, 7) is 9.80. The largest absolute Gasteiger partial charge is 0.498 e. The molecule has 0 heterocycles. The fourth-order valence-electron chi connectivity index (χ4n) is 4.27. The van der Waals surface area contributed by atoms with E-state index in [1.807, 2.05) is 0 Å². The van der Waals surface area contributed by atoms with E-state index in [9.17, 15) is 0 Å². The van der Waals surface area contributed by atoms with Crippen LogP contribution in [0.4, 0.5) is 0 Å². The molecule has 0 saturated carbocycles. The lowest BCUT2D eigenvalue weighted by Gasteiger charge is -2.29. The molecule has 27 heavy (non-hydrogen) atoms. The first kappa shape index (κ1) is 19.5. The van der Waals surface area contributed by atoms with Crippen molar-refractivity contribution < 1.29 is 9.47 Å². The average Bonchev–Trinajstić information content (AvgIpc) is 2.69. The van der Waals surface area contributed by atoms with Crippen LogP contribution in [0.3, 0.4) is 0 Å². The molecule has 2 heteroatoms. The van der Waals surface area contributed by atoms with Crippen molar-refractivity contribution in [3.63, 3.8) is 0 Å². The number of hydrogen-bond donors (Lipinski definition) is 0. The second-order valence-electron chi connectivity index (χ2n) is 6.98. The SMILES string of the molecule is C/C=C\c1ccc(OCC)c(C2=C(OCC)CCC3=C2C=CCC3)c1CC. The van der Waals surface area contributed by atoms with E-state index in [0.29, 0.717) is 13.2 Å². The first-order valence-corrected chi connectivity index (χ1v) is 10.4. The molecule has 0 radical (unpaired) electrons. The monoisotopic (exact) mass is 364 g/mol. The van der Waals surface area contributed by atoms with Crippen molar-refractivity contribution in [3.05, 3.63) is 64.0 Å². The van der Waals surface area contributed by atoms with Gasteiger partial charge in [0.05, 0.1) is 13.2 Å². The second kappa shape index (κ2) is 9.12. The van der Waals surface area contributed by atoms with Gasteiger partial charge in [0.25, 0.3) is 0 Å². The third-order valence-corrected chi connectivity index (χ3v) is 5.36. The normalized spacial score (nSPS) is 16.9. The molecule has 0 unspecified atom stereocenters. The molecule has 0 atom stereocenters. The summed E-state index contributed by atoms with van der Waals surface area (Å²) in [5.74, 6) is 2.10. The third kappa shape index (κ3) is 3.90. The van der Waals surface area contributed by atoms with Crippen LogP contribution in [-0.4, -0.2) is 13.2 Å². The molecule has 1 aromatic rings. The van der Waals surface area contributed by atoms with Gasteiger partial charge in [0.1, 0.15) is 11.5 Å². The summed E-state index contributed by atoms with van der Waals surface area (Å²) < 4.78 is 12.3. The molecule has 1 aromatic carbocycles. The third-order valence-electron chi connectivity index (χ3n) is 5.36. The van der Waals surface area contributed by atoms with Crippen molar-refractivity contribution in [2.75, 3.05) is 13.2 Å². The fourth-order valence-corrected chi connectivity index (χ4v) is 4.27. The topological polar surface area (TPSA) is 18.5 Å². The molecular formula is C25H32O2. The minimum atomic E-state index is 0.665. The van der Waals surface area contributed by atoms with Crippen molar-refractivity contribution in [1.82, 2.24) is 0 Å². The molecular weight excluding hydrogens is 332 g/mol. The van der Waals surface area contributed by atoms with Crippen LogP contribution in [-0.2, 0) is 11.2 Å². The fraction of sp³-hybridized carbons (Fsp3) is 0.440. The second-order valence-corrected chi connectivity index (χ2v) is 6.98. The zero-order chi connectivity index (χ0) is 19.2. The lowest BCUT2D eigenvalue weighted by molar-refractivity contribution is 0.219. The minimum Gasteiger partial charge on any atom is -0.498 e. The van der Waals surface area contributed by atoms with Crippen molar-refractivity contribution in [3.8, 4) is 5.75 Å². The summed E-state index contributed by atoms with van der Waals surface area (Å²) in [5.41, 5.74) is 8.05. The molecule has 2 aliphatic carbocycles. The zero-order valence-corrected chi connectivity index (χ0v) is 17.2. The maximum atomic E-state index is 6.17. The van der Waals surface area contributed by atoms with E-state index in [4.69, 9.17) is 9.47 Å². The van der Waals surface area contributed by atoms with Gasteiger partial charge in [-0.2, -0.15) is 0 Å². The van der Waals surface area contributed by atoms with Crippen molar-refractivity contribution in [2.24, 2.45) is 0 Å². The highest BCUT2D eigenvalue weighted by Gasteiger charge is 2.28. The lowest BCUT2D eigenvalue weighted by atomic mass is 9.79. The predicted molar refractivity (Wildman–Crippen MR) is 115 cm³/mol. The Hall–Kier alpha value is -2.22. The van der Waals surface area contributed by atoms with E-state index in [2.05, 4.69) is 64.1 Å². The number of hydrogen-bond acceptors (Lipinski definition) is 2. The number of allylic oxidation sites excluding steroid dienone is 7. The molecule has 2 aliphatic rings. The van der Waals surface area contributed by atoms with Crippen molar-refractivity contribution >= 4 is 11.6 Å². The quantitative estimate of drug-likeness (QED) is 0.525. The highest BCUT2D eigenvalue weighted by atomic mass is 16.5. The first-order valence-electron chi connectivity index (χ1n) is 10.4. The van der Waals surface area contributed by atoms with E-state index in [1.165, 1.54) is 27.8 Å². The Morgan fingerprint density at radius 3 is 2.52 bits per heavy atom. The Labute approximate surface area is 164 Å². The predicted octanol–water partition coefficient (Wildman–Crippen LogP) is 6.87. The summed E-state index contributed by atoms with van der Waals surface area (Å²) in [4.78, 5) is 0. The summed E-state index contributed by atoms with van der Waals surface area (Å²) in [7, 11) is 0. The Balaban J connectivity index is 2.31. The number of benzene rings is 1. The highest BCUT2D eigenvalue weighted by Crippen LogP contribution is 2.46. The van der Waals surface area contributed by atoms with Gasteiger partial charge in [-0.25, -0.2) is 0 Å². The summed E-state index contributed by atoms with van der Waals surface area (Å²) >= 11 is 0. The van der Waals surface area contributed by atoms with Gasteiger partial charge in [0, 0.05) is 17.6 Å². The van der Waals surface area contributed by atoms with Crippen LogP contribution in [0.2, 0.25) is 0 Å². The molecule has 0 fully saturated rings. The molecule has 0 amide bonds. The van der Waals surface area contributed by atoms with Gasteiger partial charge < -0.3 is 9.47 Å². The molecule has 144 valence electrons. The van der Waals surface area contributed by atoms with Crippen LogP contribution in [0.15, 0.2) is 47.3 Å². The zero-order valence-electron chi connectivity index (χ0n) is 17.2. The van der Waals surface area contributed by atoms with Crippen LogP contribution < -0.4 is 4.74 Å². The Morgan fingerprint density at radius 1 is 1.00 bits per heavy atom. The Morgan fingerprint density at radius 2 is 1.81 bits per heavy atom. The van der Waals surface area contributed by atoms with E-state index in [-0.39, 0.29) is 0 Å². The molecule has 0 saturated heterocycles. The van der Waals surface area contributed by atoms with Gasteiger partial charge in [-0.1, -0.05) is 42.9 Å². The molecule has 0 N–H and O–H groups in total. The molecule has 3 rings (SSSR count). The first-order chi connectivity index (χ1) is 13.2. The standard InChI is InChI=1S/C25H32O2/c1-5-11-18-14-16-22(26-7-3)24(20(18)6-2)25-21-13-10-9-12-19(21)15-17-23(25)27-8-4/h5,10-11,13-14,16H,6-9,12,15,17H2,1-4H3/b11-5-. The van der Waals surface area contributed by atoms with Gasteiger partial charge in [-0.05, 0) is 69.2 Å². The van der Waals surface area contributed by atoms with E-state index < -0.39 is 0 Å². The Kier molecular flexibility index (Phi) is 6.60. The maximum absolute atomic E-state index is 6.17. The van der Waals surface area contributed by atoms with Crippen LogP contribution in [0.25, 0.3) is 11.6 Å². The lowest BCUT2D eigenvalue weighted by Crippen LogP contribution is -2.12. The average molecular weight is 365 g/mol. The highest BCUT2D eigenvalue weighted by molar-refractivity contribution is 5.90. The van der Waals surface area contributed by atoms with Crippen LogP contribution in [0.5, 0.6) is 5.75 Å². The van der Waals surface area contributed by atoms with Crippen molar-refractivity contribution in [1.29, 1.82) is 0 Å². The van der Waals surface area contributed by atoms with E-state index >= 15 is 0 Å². The van der Waals surface area contributed by atoms with Gasteiger partial charge in [-0.15, -0.1) is 0 Å². The van der Waals surface area contributed by atoms with Crippen LogP contribution >= 0.6 is 0 Å². The maximum Gasteiger partial charge on any atom is 0.127 e. The summed E-state index contributed by atoms with van der Waals surface area (Å²) in [6, 6.07) is 4.31. The van der Waals surface area contributed by atoms with Gasteiger partial charge in [0.15, 0.2) is 0 Å². The van der Waals surface area contributed by atoms with E-state index in [0.717, 1.165) is 43.6 Å².